The van der Waals surface area contributed by atoms with E-state index in [0.29, 0.717) is 6.42 Å². The normalized spacial score (nSPS) is 15.0. The van der Waals surface area contributed by atoms with Gasteiger partial charge in [0, 0.05) is 36.4 Å². The van der Waals surface area contributed by atoms with Crippen LogP contribution in [0.15, 0.2) is 46.7 Å². The van der Waals surface area contributed by atoms with Crippen LogP contribution in [0.5, 0.6) is 0 Å². The highest BCUT2D eigenvalue weighted by atomic mass is 32.2. The Kier molecular flexibility index (Phi) is 5.39. The van der Waals surface area contributed by atoms with Crippen molar-refractivity contribution in [1.82, 2.24) is 9.55 Å². The number of anilines is 1. The topological polar surface area (TPSA) is 46.9 Å². The molecule has 1 aromatic carbocycles. The second-order valence-corrected chi connectivity index (χ2v) is 7.23. The molecular formula is C18H23N3OS. The van der Waals surface area contributed by atoms with E-state index in [1.165, 1.54) is 25.7 Å². The number of carbonyl (C=O) groups is 1. The van der Waals surface area contributed by atoms with Crippen LogP contribution >= 0.6 is 11.8 Å². The number of aromatic nitrogens is 2. The second kappa shape index (κ2) is 7.68. The van der Waals surface area contributed by atoms with Gasteiger partial charge in [-0.2, -0.15) is 0 Å². The molecule has 1 aliphatic rings. The van der Waals surface area contributed by atoms with Crippen molar-refractivity contribution in [2.24, 2.45) is 13.0 Å². The first-order valence-corrected chi connectivity index (χ1v) is 9.07. The van der Waals surface area contributed by atoms with E-state index in [1.54, 1.807) is 18.0 Å². The predicted molar refractivity (Wildman–Crippen MR) is 93.6 cm³/mol. The van der Waals surface area contributed by atoms with Crippen LogP contribution in [0.25, 0.3) is 0 Å². The zero-order chi connectivity index (χ0) is 16.1. The predicted octanol–water partition coefficient (Wildman–Crippen LogP) is 4.48. The zero-order valence-corrected chi connectivity index (χ0v) is 14.3. The van der Waals surface area contributed by atoms with Crippen molar-refractivity contribution >= 4 is 23.4 Å². The summed E-state index contributed by atoms with van der Waals surface area (Å²) >= 11 is 1.61. The zero-order valence-electron chi connectivity index (χ0n) is 13.5. The highest BCUT2D eigenvalue weighted by Crippen LogP contribution is 2.29. The number of benzene rings is 1. The molecule has 1 amide bonds. The summed E-state index contributed by atoms with van der Waals surface area (Å²) in [6, 6.07) is 7.95. The maximum atomic E-state index is 12.0. The molecule has 4 nitrogen and oxygen atoms in total. The Labute approximate surface area is 141 Å². The van der Waals surface area contributed by atoms with E-state index >= 15 is 0 Å². The largest absolute Gasteiger partial charge is 0.329 e. The van der Waals surface area contributed by atoms with Gasteiger partial charge in [-0.15, -0.1) is 0 Å². The standard InChI is InChI=1S/C18H23N3OS/c1-21-13-12-19-18(21)23-16-9-7-15(8-10-16)20-17(22)11-6-14-4-2-3-5-14/h7-10,12-14H,2-6,11H2,1H3,(H,20,22). The van der Waals surface area contributed by atoms with Crippen LogP contribution in [0.4, 0.5) is 5.69 Å². The number of rotatable bonds is 6. The van der Waals surface area contributed by atoms with Gasteiger partial charge in [0.2, 0.25) is 5.91 Å². The summed E-state index contributed by atoms with van der Waals surface area (Å²) in [6.07, 6.45) is 10.7. The summed E-state index contributed by atoms with van der Waals surface area (Å²) in [4.78, 5) is 17.4. The number of aryl methyl sites for hydroxylation is 1. The van der Waals surface area contributed by atoms with Crippen LogP contribution in [0.3, 0.4) is 0 Å². The lowest BCUT2D eigenvalue weighted by molar-refractivity contribution is -0.116. The number of carbonyl (C=O) groups excluding carboxylic acids is 1. The third kappa shape index (κ3) is 4.61. The molecule has 0 bridgehead atoms. The van der Waals surface area contributed by atoms with Gasteiger partial charge in [0.15, 0.2) is 5.16 Å². The minimum Gasteiger partial charge on any atom is -0.329 e. The first kappa shape index (κ1) is 16.1. The van der Waals surface area contributed by atoms with Crippen molar-refractivity contribution in [2.75, 3.05) is 5.32 Å². The lowest BCUT2D eigenvalue weighted by Crippen LogP contribution is -2.12. The van der Waals surface area contributed by atoms with Crippen LogP contribution in [0.2, 0.25) is 0 Å². The molecule has 0 aliphatic heterocycles. The van der Waals surface area contributed by atoms with Gasteiger partial charge in [-0.3, -0.25) is 4.79 Å². The third-order valence-electron chi connectivity index (χ3n) is 4.38. The van der Waals surface area contributed by atoms with E-state index < -0.39 is 0 Å². The Hall–Kier alpha value is -1.75. The van der Waals surface area contributed by atoms with Crippen LogP contribution in [-0.4, -0.2) is 15.5 Å². The molecule has 1 heterocycles. The Bertz CT molecular complexity index is 645. The molecule has 23 heavy (non-hydrogen) atoms. The molecule has 3 rings (SSSR count). The maximum Gasteiger partial charge on any atom is 0.224 e. The lowest BCUT2D eigenvalue weighted by atomic mass is 10.0. The van der Waals surface area contributed by atoms with E-state index in [4.69, 9.17) is 0 Å². The molecule has 0 unspecified atom stereocenters. The summed E-state index contributed by atoms with van der Waals surface area (Å²) in [5.41, 5.74) is 0.866. The number of nitrogens with one attached hydrogen (secondary N) is 1. The van der Waals surface area contributed by atoms with Crippen molar-refractivity contribution in [3.63, 3.8) is 0 Å². The summed E-state index contributed by atoms with van der Waals surface area (Å²) in [6.45, 7) is 0. The molecule has 0 saturated heterocycles. The van der Waals surface area contributed by atoms with Gasteiger partial charge in [0.1, 0.15) is 0 Å². The van der Waals surface area contributed by atoms with Crippen molar-refractivity contribution in [3.8, 4) is 0 Å². The Balaban J connectivity index is 1.48. The minimum absolute atomic E-state index is 0.126. The first-order valence-electron chi connectivity index (χ1n) is 8.26. The van der Waals surface area contributed by atoms with Crippen LogP contribution in [-0.2, 0) is 11.8 Å². The molecule has 0 radical (unpaired) electrons. The van der Waals surface area contributed by atoms with Gasteiger partial charge in [-0.25, -0.2) is 4.98 Å². The van der Waals surface area contributed by atoms with E-state index in [2.05, 4.69) is 10.3 Å². The lowest BCUT2D eigenvalue weighted by Gasteiger charge is -2.09. The smallest absolute Gasteiger partial charge is 0.224 e. The van der Waals surface area contributed by atoms with Crippen LogP contribution in [0.1, 0.15) is 38.5 Å². The third-order valence-corrected chi connectivity index (χ3v) is 5.46. The molecule has 1 aromatic heterocycles. The van der Waals surface area contributed by atoms with Crippen molar-refractivity contribution in [2.45, 2.75) is 48.6 Å². The van der Waals surface area contributed by atoms with Crippen molar-refractivity contribution in [3.05, 3.63) is 36.7 Å². The Morgan fingerprint density at radius 3 is 2.70 bits per heavy atom. The van der Waals surface area contributed by atoms with Gasteiger partial charge in [0.25, 0.3) is 0 Å². The average molecular weight is 329 g/mol. The molecule has 2 aromatic rings. The second-order valence-electron chi connectivity index (χ2n) is 6.18. The van der Waals surface area contributed by atoms with E-state index in [1.807, 2.05) is 42.1 Å². The van der Waals surface area contributed by atoms with Crippen molar-refractivity contribution < 1.29 is 4.79 Å². The molecule has 1 saturated carbocycles. The number of nitrogens with zero attached hydrogens (tertiary/aromatic N) is 2. The minimum atomic E-state index is 0.126. The fourth-order valence-corrected chi connectivity index (χ4v) is 3.82. The van der Waals surface area contributed by atoms with E-state index in [-0.39, 0.29) is 5.91 Å². The SMILES string of the molecule is Cn1ccnc1Sc1ccc(NC(=O)CCC2CCCC2)cc1. The molecule has 122 valence electrons. The van der Waals surface area contributed by atoms with Gasteiger partial charge < -0.3 is 9.88 Å². The molecule has 1 fully saturated rings. The van der Waals surface area contributed by atoms with Crippen LogP contribution in [0, 0.1) is 5.92 Å². The number of hydrogen-bond donors (Lipinski definition) is 1. The Morgan fingerprint density at radius 1 is 1.30 bits per heavy atom. The summed E-state index contributed by atoms with van der Waals surface area (Å²) in [7, 11) is 1.98. The van der Waals surface area contributed by atoms with Gasteiger partial charge >= 0.3 is 0 Å². The molecule has 0 spiro atoms. The number of amides is 1. The number of imidazole rings is 1. The highest BCUT2D eigenvalue weighted by molar-refractivity contribution is 7.99. The van der Waals surface area contributed by atoms with Crippen molar-refractivity contribution in [1.29, 1.82) is 0 Å². The molecule has 0 atom stereocenters. The molecular weight excluding hydrogens is 306 g/mol. The molecule has 1 aliphatic carbocycles. The fraction of sp³-hybridized carbons (Fsp3) is 0.444. The van der Waals surface area contributed by atoms with Crippen LogP contribution < -0.4 is 5.32 Å². The first-order chi connectivity index (χ1) is 11.2. The van der Waals surface area contributed by atoms with Gasteiger partial charge in [-0.05, 0) is 36.6 Å². The monoisotopic (exact) mass is 329 g/mol. The average Bonchev–Trinajstić information content (AvgIpc) is 3.20. The van der Waals surface area contributed by atoms with E-state index in [0.717, 1.165) is 28.1 Å². The summed E-state index contributed by atoms with van der Waals surface area (Å²) in [5, 5.41) is 3.95. The molecule has 5 heteroatoms. The fourth-order valence-electron chi connectivity index (χ4n) is 3.02. The summed E-state index contributed by atoms with van der Waals surface area (Å²) in [5.74, 6) is 0.888. The van der Waals surface area contributed by atoms with Gasteiger partial charge in [-0.1, -0.05) is 37.4 Å². The highest BCUT2D eigenvalue weighted by Gasteiger charge is 2.16. The maximum absolute atomic E-state index is 12.0. The molecule has 1 N–H and O–H groups in total. The Morgan fingerprint density at radius 2 is 2.04 bits per heavy atom. The summed E-state index contributed by atoms with van der Waals surface area (Å²) < 4.78 is 1.99. The van der Waals surface area contributed by atoms with E-state index in [9.17, 15) is 4.79 Å². The number of hydrogen-bond acceptors (Lipinski definition) is 3. The quantitative estimate of drug-likeness (QED) is 0.850. The van der Waals surface area contributed by atoms with Gasteiger partial charge in [0.05, 0.1) is 0 Å².